The van der Waals surface area contributed by atoms with Gasteiger partial charge < -0.3 is 6.92 Å². The van der Waals surface area contributed by atoms with E-state index >= 15 is 0 Å². The summed E-state index contributed by atoms with van der Waals surface area (Å²) in [4.78, 5) is 0. The first-order valence-corrected chi connectivity index (χ1v) is 7.68. The van der Waals surface area contributed by atoms with E-state index in [4.69, 9.17) is 0 Å². The van der Waals surface area contributed by atoms with Gasteiger partial charge >= 0.3 is 0 Å². The Morgan fingerprint density at radius 1 is 0.895 bits per heavy atom. The summed E-state index contributed by atoms with van der Waals surface area (Å²) < 4.78 is 0. The van der Waals surface area contributed by atoms with Crippen LogP contribution in [-0.2, 0) is 0 Å². The number of hydrogen-bond donors (Lipinski definition) is 0. The van der Waals surface area contributed by atoms with E-state index in [-0.39, 0.29) is 0 Å². The fraction of sp³-hybridized carbons (Fsp3) is 0.526. The second-order valence-electron chi connectivity index (χ2n) is 4.97. The maximum Gasteiger partial charge on any atom is -0.0169 e. The highest BCUT2D eigenvalue weighted by atomic mass is 14.0. The number of unbranched alkanes of at least 4 members (excludes halogenated alkanes) is 3. The highest BCUT2D eigenvalue weighted by Gasteiger charge is 1.89. The average molecular weight is 259 g/mol. The maximum atomic E-state index is 3.84. The van der Waals surface area contributed by atoms with Gasteiger partial charge in [-0.3, -0.25) is 0 Å². The molecular formula is C19H31-. The highest BCUT2D eigenvalue weighted by molar-refractivity contribution is 4.98. The van der Waals surface area contributed by atoms with Gasteiger partial charge in [-0.2, -0.15) is 6.42 Å². The molecular weight excluding hydrogens is 228 g/mol. The summed E-state index contributed by atoms with van der Waals surface area (Å²) in [7, 11) is 0. The molecule has 0 radical (unpaired) electrons. The fourth-order valence-corrected chi connectivity index (χ4v) is 1.82. The molecule has 0 heteroatoms. The van der Waals surface area contributed by atoms with Crippen molar-refractivity contribution in [2.24, 2.45) is 5.92 Å². The molecule has 0 fully saturated rings. The first-order chi connectivity index (χ1) is 9.31. The molecule has 0 nitrogen and oxygen atoms in total. The van der Waals surface area contributed by atoms with Gasteiger partial charge in [0.2, 0.25) is 0 Å². The van der Waals surface area contributed by atoms with E-state index in [0.29, 0.717) is 5.92 Å². The van der Waals surface area contributed by atoms with Gasteiger partial charge in [0, 0.05) is 0 Å². The molecule has 108 valence electrons. The third kappa shape index (κ3) is 14.9. The molecule has 0 aliphatic rings. The first kappa shape index (κ1) is 18.0. The zero-order valence-corrected chi connectivity index (χ0v) is 12.9. The minimum atomic E-state index is 0.659. The lowest BCUT2D eigenvalue weighted by atomic mass is 10.1. The van der Waals surface area contributed by atoms with Gasteiger partial charge in [-0.1, -0.05) is 68.4 Å². The maximum absolute atomic E-state index is 3.84. The van der Waals surface area contributed by atoms with Crippen molar-refractivity contribution in [1.82, 2.24) is 0 Å². The monoisotopic (exact) mass is 259 g/mol. The molecule has 1 atom stereocenters. The minimum absolute atomic E-state index is 0.659. The third-order valence-corrected chi connectivity index (χ3v) is 2.94. The van der Waals surface area contributed by atoms with Gasteiger partial charge in [0.25, 0.3) is 0 Å². The van der Waals surface area contributed by atoms with Crippen molar-refractivity contribution in [3.8, 4) is 0 Å². The Bertz CT molecular complexity index is 278. The lowest BCUT2D eigenvalue weighted by Crippen LogP contribution is -1.84. The van der Waals surface area contributed by atoms with Crippen LogP contribution in [0.4, 0.5) is 0 Å². The van der Waals surface area contributed by atoms with Crippen LogP contribution in [0.5, 0.6) is 0 Å². The molecule has 0 amide bonds. The van der Waals surface area contributed by atoms with Gasteiger partial charge in [-0.05, 0) is 38.5 Å². The average Bonchev–Trinajstić information content (AvgIpc) is 2.40. The van der Waals surface area contributed by atoms with Gasteiger partial charge in [-0.15, -0.1) is 0 Å². The Balaban J connectivity index is 3.45. The molecule has 0 N–H and O–H groups in total. The van der Waals surface area contributed by atoms with E-state index in [1.54, 1.807) is 0 Å². The first-order valence-electron chi connectivity index (χ1n) is 7.68. The Morgan fingerprint density at radius 2 is 1.53 bits per heavy atom. The molecule has 0 spiro atoms. The van der Waals surface area contributed by atoms with E-state index in [1.165, 1.54) is 19.3 Å². The lowest BCUT2D eigenvalue weighted by molar-refractivity contribution is 0.742. The molecule has 0 bridgehead atoms. The fourth-order valence-electron chi connectivity index (χ4n) is 1.82. The van der Waals surface area contributed by atoms with Gasteiger partial charge in [0.1, 0.15) is 0 Å². The summed E-state index contributed by atoms with van der Waals surface area (Å²) in [5.74, 6) is 0.659. The molecule has 0 rings (SSSR count). The standard InChI is InChI=1S/C19H31/c1-4-6-7-8-9-10-11-12-13-14-15-16-18-19(3)17-5-2/h5,9-10,12-13,15-17,19H,1,4,6-8,11,14,18H2,2-3H3/q-1/b10-9-,13-12-,16-15-,17-5+. The summed E-state index contributed by atoms with van der Waals surface area (Å²) in [5, 5.41) is 0. The van der Waals surface area contributed by atoms with E-state index in [2.05, 4.69) is 69.4 Å². The summed E-state index contributed by atoms with van der Waals surface area (Å²) in [6.45, 7) is 8.17. The molecule has 0 aromatic rings. The Morgan fingerprint density at radius 3 is 2.16 bits per heavy atom. The zero-order valence-electron chi connectivity index (χ0n) is 12.9. The molecule has 0 saturated carbocycles. The second kappa shape index (κ2) is 15.0. The summed E-state index contributed by atoms with van der Waals surface area (Å²) in [6, 6.07) is 0. The molecule has 0 aliphatic heterocycles. The Labute approximate surface area is 121 Å². The molecule has 0 saturated heterocycles. The smallest absolute Gasteiger partial charge is 0.0169 e. The van der Waals surface area contributed by atoms with E-state index in [1.807, 2.05) is 0 Å². The number of hydrogen-bond acceptors (Lipinski definition) is 0. The summed E-state index contributed by atoms with van der Waals surface area (Å²) in [6.07, 6.45) is 26.0. The zero-order chi connectivity index (χ0) is 14.2. The Kier molecular flexibility index (Phi) is 14.2. The lowest BCUT2D eigenvalue weighted by Gasteiger charge is -1.98. The van der Waals surface area contributed by atoms with Crippen LogP contribution in [0.25, 0.3) is 0 Å². The van der Waals surface area contributed by atoms with Gasteiger partial charge in [0.05, 0.1) is 0 Å². The van der Waals surface area contributed by atoms with E-state index < -0.39 is 0 Å². The van der Waals surface area contributed by atoms with Crippen molar-refractivity contribution >= 4 is 0 Å². The number of rotatable bonds is 11. The van der Waals surface area contributed by atoms with Crippen molar-refractivity contribution in [1.29, 1.82) is 0 Å². The number of allylic oxidation sites excluding steroid dienone is 8. The predicted molar refractivity (Wildman–Crippen MR) is 89.1 cm³/mol. The van der Waals surface area contributed by atoms with Crippen LogP contribution in [0.3, 0.4) is 0 Å². The highest BCUT2D eigenvalue weighted by Crippen LogP contribution is 2.05. The van der Waals surface area contributed by atoms with Gasteiger partial charge in [-0.25, -0.2) is 0 Å². The van der Waals surface area contributed by atoms with Crippen LogP contribution in [0.15, 0.2) is 48.6 Å². The molecule has 19 heavy (non-hydrogen) atoms. The van der Waals surface area contributed by atoms with Crippen LogP contribution in [0.2, 0.25) is 0 Å². The summed E-state index contributed by atoms with van der Waals surface area (Å²) in [5.41, 5.74) is 0. The van der Waals surface area contributed by atoms with Crippen molar-refractivity contribution in [2.75, 3.05) is 0 Å². The molecule has 0 aliphatic carbocycles. The van der Waals surface area contributed by atoms with Crippen molar-refractivity contribution in [2.45, 2.75) is 58.8 Å². The largest absolute Gasteiger partial charge is 0.343 e. The van der Waals surface area contributed by atoms with Crippen LogP contribution in [-0.4, -0.2) is 0 Å². The van der Waals surface area contributed by atoms with E-state index in [9.17, 15) is 0 Å². The minimum Gasteiger partial charge on any atom is -0.343 e. The van der Waals surface area contributed by atoms with Crippen LogP contribution < -0.4 is 0 Å². The van der Waals surface area contributed by atoms with Gasteiger partial charge in [0.15, 0.2) is 0 Å². The van der Waals surface area contributed by atoms with Crippen LogP contribution in [0, 0.1) is 12.8 Å². The molecule has 1 unspecified atom stereocenters. The quantitative estimate of drug-likeness (QED) is 0.228. The topological polar surface area (TPSA) is 0 Å². The molecule has 0 aromatic heterocycles. The van der Waals surface area contributed by atoms with Crippen molar-refractivity contribution < 1.29 is 0 Å². The predicted octanol–water partition coefficient (Wildman–Crippen LogP) is 6.43. The molecule has 0 aromatic carbocycles. The summed E-state index contributed by atoms with van der Waals surface area (Å²) >= 11 is 0. The van der Waals surface area contributed by atoms with Crippen molar-refractivity contribution in [3.05, 3.63) is 55.5 Å². The Hall–Kier alpha value is -1.04. The molecule has 0 heterocycles. The third-order valence-electron chi connectivity index (χ3n) is 2.94. The van der Waals surface area contributed by atoms with Crippen LogP contribution >= 0.6 is 0 Å². The second-order valence-corrected chi connectivity index (χ2v) is 4.97. The normalized spacial score (nSPS) is 14.5. The SMILES string of the molecule is [CH2-]CCCC/C=C\C/C=C\C/C=C\CC(C)/C=C/C. The van der Waals surface area contributed by atoms with Crippen LogP contribution in [0.1, 0.15) is 58.8 Å². The van der Waals surface area contributed by atoms with Crippen molar-refractivity contribution in [3.63, 3.8) is 0 Å². The van der Waals surface area contributed by atoms with E-state index in [0.717, 1.165) is 25.7 Å².